The quantitative estimate of drug-likeness (QED) is 0.824. The Balaban J connectivity index is 1.84. The fourth-order valence-corrected chi connectivity index (χ4v) is 1.94. The van der Waals surface area contributed by atoms with Crippen molar-refractivity contribution in [2.24, 2.45) is 0 Å². The van der Waals surface area contributed by atoms with Gasteiger partial charge in [-0.25, -0.2) is 9.97 Å². The Morgan fingerprint density at radius 2 is 2.31 bits per heavy atom. The van der Waals surface area contributed by atoms with Gasteiger partial charge in [-0.3, -0.25) is 0 Å². The molecule has 1 aromatic rings. The van der Waals surface area contributed by atoms with Crippen molar-refractivity contribution in [1.82, 2.24) is 14.9 Å². The summed E-state index contributed by atoms with van der Waals surface area (Å²) in [6, 6.07) is 0.494. The van der Waals surface area contributed by atoms with E-state index in [0.717, 1.165) is 6.54 Å². The van der Waals surface area contributed by atoms with Crippen LogP contribution in [0.4, 0.5) is 5.82 Å². The van der Waals surface area contributed by atoms with Gasteiger partial charge >= 0.3 is 0 Å². The zero-order valence-corrected chi connectivity index (χ0v) is 9.59. The smallest absolute Gasteiger partial charge is 0.232 e. The lowest BCUT2D eigenvalue weighted by atomic mass is 10.0. The minimum atomic E-state index is 0.419. The molecule has 1 aliphatic heterocycles. The normalized spacial score (nSPS) is 21.9. The molecule has 1 atom stereocenters. The maximum absolute atomic E-state index is 5.60. The fraction of sp³-hybridized carbons (Fsp3) is 0.636. The van der Waals surface area contributed by atoms with Crippen LogP contribution in [0.25, 0.3) is 0 Å². The minimum Gasteiger partial charge on any atom is -0.475 e. The second-order valence-electron chi connectivity index (χ2n) is 4.22. The maximum atomic E-state index is 5.60. The van der Waals surface area contributed by atoms with Gasteiger partial charge in [0, 0.05) is 6.04 Å². The predicted molar refractivity (Wildman–Crippen MR) is 62.2 cm³/mol. The number of rotatable bonds is 3. The number of likely N-dealkylation sites (tertiary alicyclic amines) is 1. The Bertz CT molecular complexity index is 327. The van der Waals surface area contributed by atoms with E-state index in [4.69, 9.17) is 10.5 Å². The minimum absolute atomic E-state index is 0.419. The van der Waals surface area contributed by atoms with Crippen molar-refractivity contribution in [3.63, 3.8) is 0 Å². The van der Waals surface area contributed by atoms with Crippen LogP contribution < -0.4 is 10.5 Å². The van der Waals surface area contributed by atoms with E-state index < -0.39 is 0 Å². The molecular formula is C11H18N4O. The summed E-state index contributed by atoms with van der Waals surface area (Å²) >= 11 is 0. The largest absolute Gasteiger partial charge is 0.475 e. The van der Waals surface area contributed by atoms with E-state index in [0.29, 0.717) is 24.3 Å². The molecular weight excluding hydrogens is 204 g/mol. The topological polar surface area (TPSA) is 64.3 Å². The first-order valence-corrected chi connectivity index (χ1v) is 5.66. The summed E-state index contributed by atoms with van der Waals surface area (Å²) in [4.78, 5) is 10.3. The lowest BCUT2D eigenvalue weighted by Gasteiger charge is -2.31. The van der Waals surface area contributed by atoms with Crippen LogP contribution >= 0.6 is 0 Å². The number of nitrogens with two attached hydrogens (primary N) is 1. The lowest BCUT2D eigenvalue weighted by molar-refractivity contribution is 0.122. The van der Waals surface area contributed by atoms with Gasteiger partial charge in [0.15, 0.2) is 0 Å². The Labute approximate surface area is 95.6 Å². The standard InChI is InChI=1S/C11H18N4O/c1-15-5-3-2-4-9(15)8-16-11-7-13-10(12)6-14-11/h6-7,9H,2-5,8H2,1H3,(H2,12,13). The molecule has 88 valence electrons. The van der Waals surface area contributed by atoms with Crippen molar-refractivity contribution in [2.75, 3.05) is 25.9 Å². The Kier molecular flexibility index (Phi) is 3.56. The zero-order valence-electron chi connectivity index (χ0n) is 9.59. The van der Waals surface area contributed by atoms with Gasteiger partial charge in [0.1, 0.15) is 12.4 Å². The van der Waals surface area contributed by atoms with Gasteiger partial charge < -0.3 is 15.4 Å². The van der Waals surface area contributed by atoms with Gasteiger partial charge in [0.25, 0.3) is 0 Å². The summed E-state index contributed by atoms with van der Waals surface area (Å²) in [5, 5.41) is 0. The third-order valence-electron chi connectivity index (χ3n) is 2.99. The first-order valence-electron chi connectivity index (χ1n) is 5.66. The molecule has 0 aliphatic carbocycles. The number of hydrogen-bond donors (Lipinski definition) is 1. The second kappa shape index (κ2) is 5.12. The van der Waals surface area contributed by atoms with Crippen LogP contribution in [0.5, 0.6) is 5.88 Å². The molecule has 2 N–H and O–H groups in total. The maximum Gasteiger partial charge on any atom is 0.232 e. The van der Waals surface area contributed by atoms with Crippen LogP contribution in [0.15, 0.2) is 12.4 Å². The van der Waals surface area contributed by atoms with E-state index in [9.17, 15) is 0 Å². The van der Waals surface area contributed by atoms with Crippen molar-refractivity contribution in [2.45, 2.75) is 25.3 Å². The molecule has 0 saturated carbocycles. The Morgan fingerprint density at radius 1 is 1.44 bits per heavy atom. The number of nitrogen functional groups attached to an aromatic ring is 1. The number of hydrogen-bond acceptors (Lipinski definition) is 5. The van der Waals surface area contributed by atoms with E-state index in [-0.39, 0.29) is 0 Å². The highest BCUT2D eigenvalue weighted by molar-refractivity contribution is 5.24. The number of piperidine rings is 1. The average molecular weight is 222 g/mol. The van der Waals surface area contributed by atoms with Crippen LogP contribution in [-0.2, 0) is 0 Å². The fourth-order valence-electron chi connectivity index (χ4n) is 1.94. The zero-order chi connectivity index (χ0) is 11.4. The summed E-state index contributed by atoms with van der Waals surface area (Å²) in [5.74, 6) is 0.968. The van der Waals surface area contributed by atoms with Crippen LogP contribution in [0.1, 0.15) is 19.3 Å². The highest BCUT2D eigenvalue weighted by Crippen LogP contribution is 2.16. The van der Waals surface area contributed by atoms with Crippen LogP contribution in [0, 0.1) is 0 Å². The SMILES string of the molecule is CN1CCCCC1COc1cnc(N)cn1. The second-order valence-corrected chi connectivity index (χ2v) is 4.22. The molecule has 0 amide bonds. The average Bonchev–Trinajstić information content (AvgIpc) is 2.30. The van der Waals surface area contributed by atoms with Crippen molar-refractivity contribution < 1.29 is 4.74 Å². The highest BCUT2D eigenvalue weighted by Gasteiger charge is 2.19. The van der Waals surface area contributed by atoms with Gasteiger partial charge in [0.2, 0.25) is 5.88 Å². The molecule has 1 unspecified atom stereocenters. The van der Waals surface area contributed by atoms with Crippen molar-refractivity contribution >= 4 is 5.82 Å². The van der Waals surface area contributed by atoms with Gasteiger partial charge in [0.05, 0.1) is 12.4 Å². The van der Waals surface area contributed by atoms with E-state index >= 15 is 0 Å². The molecule has 1 fully saturated rings. The highest BCUT2D eigenvalue weighted by atomic mass is 16.5. The molecule has 2 heterocycles. The summed E-state index contributed by atoms with van der Waals surface area (Å²) in [6.07, 6.45) is 6.84. The molecule has 5 heteroatoms. The molecule has 1 aliphatic rings. The number of ether oxygens (including phenoxy) is 1. The molecule has 16 heavy (non-hydrogen) atoms. The van der Waals surface area contributed by atoms with E-state index in [2.05, 4.69) is 21.9 Å². The Hall–Kier alpha value is -1.36. The third-order valence-corrected chi connectivity index (χ3v) is 2.99. The first-order chi connectivity index (χ1) is 7.75. The third kappa shape index (κ3) is 2.82. The molecule has 1 aromatic heterocycles. The Morgan fingerprint density at radius 3 is 3.00 bits per heavy atom. The van der Waals surface area contributed by atoms with Crippen molar-refractivity contribution in [1.29, 1.82) is 0 Å². The summed E-state index contributed by atoms with van der Waals surface area (Å²) in [5.41, 5.74) is 5.45. The van der Waals surface area contributed by atoms with Gasteiger partial charge in [-0.2, -0.15) is 0 Å². The monoisotopic (exact) mass is 222 g/mol. The van der Waals surface area contributed by atoms with Crippen LogP contribution in [-0.4, -0.2) is 41.1 Å². The molecule has 5 nitrogen and oxygen atoms in total. The number of nitrogens with zero attached hydrogens (tertiary/aromatic N) is 3. The molecule has 1 saturated heterocycles. The molecule has 0 radical (unpaired) electrons. The van der Waals surface area contributed by atoms with Gasteiger partial charge in [-0.05, 0) is 26.4 Å². The van der Waals surface area contributed by atoms with Crippen LogP contribution in [0.3, 0.4) is 0 Å². The molecule has 0 bridgehead atoms. The van der Waals surface area contributed by atoms with Gasteiger partial charge in [-0.1, -0.05) is 6.42 Å². The molecule has 0 aromatic carbocycles. The number of aromatic nitrogens is 2. The van der Waals surface area contributed by atoms with E-state index in [1.165, 1.54) is 25.5 Å². The summed E-state index contributed by atoms with van der Waals surface area (Å²) < 4.78 is 5.60. The van der Waals surface area contributed by atoms with Crippen LogP contribution in [0.2, 0.25) is 0 Å². The number of likely N-dealkylation sites (N-methyl/N-ethyl adjacent to an activating group) is 1. The summed E-state index contributed by atoms with van der Waals surface area (Å²) in [7, 11) is 2.14. The molecule has 2 rings (SSSR count). The lowest BCUT2D eigenvalue weighted by Crippen LogP contribution is -2.40. The van der Waals surface area contributed by atoms with Crippen molar-refractivity contribution in [3.8, 4) is 5.88 Å². The molecule has 0 spiro atoms. The predicted octanol–water partition coefficient (Wildman–Crippen LogP) is 0.922. The summed E-state index contributed by atoms with van der Waals surface area (Å²) in [6.45, 7) is 1.83. The first kappa shape index (κ1) is 11.1. The van der Waals surface area contributed by atoms with Crippen molar-refractivity contribution in [3.05, 3.63) is 12.4 Å². The van der Waals surface area contributed by atoms with Gasteiger partial charge in [-0.15, -0.1) is 0 Å². The number of anilines is 1. The van der Waals surface area contributed by atoms with E-state index in [1.54, 1.807) is 6.20 Å². The van der Waals surface area contributed by atoms with E-state index in [1.807, 2.05) is 0 Å².